The lowest BCUT2D eigenvalue weighted by molar-refractivity contribution is 0.386. The van der Waals surface area contributed by atoms with Crippen molar-refractivity contribution in [3.63, 3.8) is 0 Å². The second-order valence-corrected chi connectivity index (χ2v) is 6.25. The minimum atomic E-state index is 0.355. The molecule has 1 unspecified atom stereocenters. The summed E-state index contributed by atoms with van der Waals surface area (Å²) in [6.45, 7) is 4.37. The van der Waals surface area contributed by atoms with Crippen LogP contribution in [0.3, 0.4) is 0 Å². The minimum Gasteiger partial charge on any atom is -0.496 e. The van der Waals surface area contributed by atoms with Crippen molar-refractivity contribution in [3.8, 4) is 5.75 Å². The zero-order valence-electron chi connectivity index (χ0n) is 11.5. The molecule has 1 fully saturated rings. The first-order chi connectivity index (χ1) is 8.70. The number of thioether (sulfide) groups is 1. The molecule has 1 aliphatic rings. The van der Waals surface area contributed by atoms with Crippen LogP contribution in [0.4, 0.5) is 0 Å². The number of methoxy groups -OCH3 is 1. The van der Waals surface area contributed by atoms with E-state index in [9.17, 15) is 0 Å². The third-order valence-corrected chi connectivity index (χ3v) is 4.61. The summed E-state index contributed by atoms with van der Waals surface area (Å²) < 4.78 is 5.47. The van der Waals surface area contributed by atoms with Gasteiger partial charge in [-0.1, -0.05) is 17.7 Å². The van der Waals surface area contributed by atoms with Crippen molar-refractivity contribution in [3.05, 3.63) is 29.3 Å². The van der Waals surface area contributed by atoms with Crippen LogP contribution >= 0.6 is 11.8 Å². The molecular formula is C15H23NOS. The first-order valence-corrected chi connectivity index (χ1v) is 7.84. The van der Waals surface area contributed by atoms with Gasteiger partial charge in [0.25, 0.3) is 0 Å². The van der Waals surface area contributed by atoms with E-state index in [0.717, 1.165) is 5.75 Å². The lowest BCUT2D eigenvalue weighted by Gasteiger charge is -2.27. The SMILES string of the molecule is COc1ccc(C)cc1C(C)NC1CCSCC1. The van der Waals surface area contributed by atoms with Crippen LogP contribution in [0.25, 0.3) is 0 Å². The Hall–Kier alpha value is -0.670. The molecule has 0 saturated carbocycles. The van der Waals surface area contributed by atoms with Crippen molar-refractivity contribution >= 4 is 11.8 Å². The van der Waals surface area contributed by atoms with Gasteiger partial charge in [-0.3, -0.25) is 0 Å². The number of aryl methyl sites for hydroxylation is 1. The van der Waals surface area contributed by atoms with Crippen molar-refractivity contribution in [2.24, 2.45) is 0 Å². The van der Waals surface area contributed by atoms with Gasteiger partial charge in [-0.2, -0.15) is 11.8 Å². The Balaban J connectivity index is 2.07. The Morgan fingerprint density at radius 1 is 1.33 bits per heavy atom. The number of benzene rings is 1. The lowest BCUT2D eigenvalue weighted by atomic mass is 10.0. The zero-order valence-corrected chi connectivity index (χ0v) is 12.3. The summed E-state index contributed by atoms with van der Waals surface area (Å²) in [6, 6.07) is 7.42. The number of hydrogen-bond acceptors (Lipinski definition) is 3. The second-order valence-electron chi connectivity index (χ2n) is 5.02. The first kappa shape index (κ1) is 13.8. The van der Waals surface area contributed by atoms with Gasteiger partial charge < -0.3 is 10.1 Å². The van der Waals surface area contributed by atoms with E-state index in [-0.39, 0.29) is 0 Å². The molecule has 3 heteroatoms. The monoisotopic (exact) mass is 265 g/mol. The highest BCUT2D eigenvalue weighted by Gasteiger charge is 2.18. The molecule has 2 nitrogen and oxygen atoms in total. The Bertz CT molecular complexity index is 388. The molecular weight excluding hydrogens is 242 g/mol. The van der Waals surface area contributed by atoms with Crippen LogP contribution in [0, 0.1) is 6.92 Å². The van der Waals surface area contributed by atoms with E-state index in [2.05, 4.69) is 49.1 Å². The Labute approximate surface area is 114 Å². The summed E-state index contributed by atoms with van der Waals surface area (Å²) >= 11 is 2.07. The van der Waals surface area contributed by atoms with Crippen molar-refractivity contribution in [2.75, 3.05) is 18.6 Å². The maximum absolute atomic E-state index is 5.47. The van der Waals surface area contributed by atoms with Crippen LogP contribution in [0.1, 0.15) is 36.9 Å². The van der Waals surface area contributed by atoms with Crippen LogP contribution in [0.2, 0.25) is 0 Å². The Kier molecular flexibility index (Phi) is 4.95. The van der Waals surface area contributed by atoms with E-state index in [4.69, 9.17) is 4.74 Å². The highest BCUT2D eigenvalue weighted by atomic mass is 32.2. The van der Waals surface area contributed by atoms with Gasteiger partial charge in [0.2, 0.25) is 0 Å². The van der Waals surface area contributed by atoms with Gasteiger partial charge in [0.1, 0.15) is 5.75 Å². The number of nitrogens with one attached hydrogen (secondary N) is 1. The summed E-state index contributed by atoms with van der Waals surface area (Å²) in [5.41, 5.74) is 2.56. The van der Waals surface area contributed by atoms with Gasteiger partial charge in [0.15, 0.2) is 0 Å². The van der Waals surface area contributed by atoms with E-state index < -0.39 is 0 Å². The first-order valence-electron chi connectivity index (χ1n) is 6.69. The van der Waals surface area contributed by atoms with Crippen molar-refractivity contribution in [1.29, 1.82) is 0 Å². The number of hydrogen-bond donors (Lipinski definition) is 1. The molecule has 100 valence electrons. The summed E-state index contributed by atoms with van der Waals surface area (Å²) in [5, 5.41) is 3.74. The molecule has 0 aromatic heterocycles. The molecule has 18 heavy (non-hydrogen) atoms. The molecule has 0 bridgehead atoms. The molecule has 0 spiro atoms. The molecule has 2 rings (SSSR count). The standard InChI is InChI=1S/C15H23NOS/c1-11-4-5-15(17-3)14(10-11)12(2)16-13-6-8-18-9-7-13/h4-5,10,12-13,16H,6-9H2,1-3H3. The van der Waals surface area contributed by atoms with Crippen LogP contribution in [0.15, 0.2) is 18.2 Å². The Morgan fingerprint density at radius 3 is 2.72 bits per heavy atom. The van der Waals surface area contributed by atoms with Crippen LogP contribution in [0.5, 0.6) is 5.75 Å². The average molecular weight is 265 g/mol. The van der Waals surface area contributed by atoms with Crippen LogP contribution in [-0.4, -0.2) is 24.7 Å². The fraction of sp³-hybridized carbons (Fsp3) is 0.600. The van der Waals surface area contributed by atoms with E-state index >= 15 is 0 Å². The molecule has 1 atom stereocenters. The fourth-order valence-corrected chi connectivity index (χ4v) is 3.61. The summed E-state index contributed by atoms with van der Waals surface area (Å²) in [6.07, 6.45) is 2.56. The molecule has 0 aliphatic carbocycles. The summed E-state index contributed by atoms with van der Waals surface area (Å²) in [7, 11) is 1.75. The molecule has 1 aromatic rings. The second kappa shape index (κ2) is 6.48. The minimum absolute atomic E-state index is 0.355. The average Bonchev–Trinajstić information content (AvgIpc) is 2.40. The number of rotatable bonds is 4. The molecule has 1 aliphatic heterocycles. The summed E-state index contributed by atoms with van der Waals surface area (Å²) in [4.78, 5) is 0. The quantitative estimate of drug-likeness (QED) is 0.899. The zero-order chi connectivity index (χ0) is 13.0. The van der Waals surface area contributed by atoms with Gasteiger partial charge in [-0.25, -0.2) is 0 Å². The molecule has 0 radical (unpaired) electrons. The van der Waals surface area contributed by atoms with Crippen molar-refractivity contribution in [2.45, 2.75) is 38.8 Å². The van der Waals surface area contributed by atoms with Crippen LogP contribution in [-0.2, 0) is 0 Å². The van der Waals surface area contributed by atoms with Gasteiger partial charge in [0.05, 0.1) is 7.11 Å². The lowest BCUT2D eigenvalue weighted by Crippen LogP contribution is -2.34. The van der Waals surface area contributed by atoms with E-state index in [0.29, 0.717) is 12.1 Å². The predicted octanol–water partition coefficient (Wildman–Crippen LogP) is 3.55. The highest BCUT2D eigenvalue weighted by molar-refractivity contribution is 7.99. The van der Waals surface area contributed by atoms with E-state index in [1.165, 1.54) is 35.5 Å². The third kappa shape index (κ3) is 3.42. The maximum atomic E-state index is 5.47. The molecule has 1 N–H and O–H groups in total. The molecule has 1 aromatic carbocycles. The largest absolute Gasteiger partial charge is 0.496 e. The molecule has 1 saturated heterocycles. The fourth-order valence-electron chi connectivity index (χ4n) is 2.50. The van der Waals surface area contributed by atoms with Gasteiger partial charge in [0, 0.05) is 17.6 Å². The number of ether oxygens (including phenoxy) is 1. The molecule has 1 heterocycles. The smallest absolute Gasteiger partial charge is 0.123 e. The normalized spacial score (nSPS) is 18.6. The van der Waals surface area contributed by atoms with Crippen molar-refractivity contribution < 1.29 is 4.74 Å². The van der Waals surface area contributed by atoms with Crippen molar-refractivity contribution in [1.82, 2.24) is 5.32 Å². The highest BCUT2D eigenvalue weighted by Crippen LogP contribution is 2.28. The van der Waals surface area contributed by atoms with Crippen LogP contribution < -0.4 is 10.1 Å². The van der Waals surface area contributed by atoms with Gasteiger partial charge in [-0.15, -0.1) is 0 Å². The third-order valence-electron chi connectivity index (χ3n) is 3.56. The van der Waals surface area contributed by atoms with Gasteiger partial charge >= 0.3 is 0 Å². The van der Waals surface area contributed by atoms with E-state index in [1.54, 1.807) is 7.11 Å². The van der Waals surface area contributed by atoms with E-state index in [1.807, 2.05) is 0 Å². The summed E-state index contributed by atoms with van der Waals surface area (Å²) in [5.74, 6) is 3.57. The Morgan fingerprint density at radius 2 is 2.06 bits per heavy atom. The molecule has 0 amide bonds. The predicted molar refractivity (Wildman–Crippen MR) is 79.6 cm³/mol. The van der Waals surface area contributed by atoms with Gasteiger partial charge in [-0.05, 0) is 44.3 Å². The topological polar surface area (TPSA) is 21.3 Å². The maximum Gasteiger partial charge on any atom is 0.123 e.